The van der Waals surface area contributed by atoms with Crippen LogP contribution in [-0.4, -0.2) is 34.8 Å². The van der Waals surface area contributed by atoms with Gasteiger partial charge in [0.15, 0.2) is 11.5 Å². The molecule has 1 aromatic carbocycles. The maximum absolute atomic E-state index is 12.0. The number of carbonyl (C=O) groups is 2. The standard InChI is InChI=1S/C21H33NO5/c1-14(12-21(7,22)27-18(24)19(2,3)4)13-26-16-10-8-15(9-11-16)17(23)20(5,6)25/h8-11,14,25H,12-13,22H2,1-7H3. The van der Waals surface area contributed by atoms with Crippen molar-refractivity contribution >= 4 is 11.8 Å². The van der Waals surface area contributed by atoms with Crippen molar-refractivity contribution in [1.82, 2.24) is 0 Å². The second kappa shape index (κ2) is 8.40. The van der Waals surface area contributed by atoms with Crippen molar-refractivity contribution in [3.63, 3.8) is 0 Å². The number of carbonyl (C=O) groups excluding carboxylic acids is 2. The van der Waals surface area contributed by atoms with Crippen LogP contribution in [0.2, 0.25) is 0 Å². The summed E-state index contributed by atoms with van der Waals surface area (Å²) in [6, 6.07) is 6.62. The van der Waals surface area contributed by atoms with Crippen LogP contribution in [0.3, 0.4) is 0 Å². The minimum absolute atomic E-state index is 0.0467. The zero-order valence-electron chi connectivity index (χ0n) is 17.5. The van der Waals surface area contributed by atoms with Crippen LogP contribution in [0.4, 0.5) is 0 Å². The van der Waals surface area contributed by atoms with Gasteiger partial charge in [-0.25, -0.2) is 0 Å². The number of hydrogen-bond acceptors (Lipinski definition) is 6. The lowest BCUT2D eigenvalue weighted by Crippen LogP contribution is -2.45. The van der Waals surface area contributed by atoms with E-state index in [1.54, 1.807) is 52.0 Å². The average Bonchev–Trinajstić information content (AvgIpc) is 2.50. The molecule has 0 aliphatic rings. The van der Waals surface area contributed by atoms with Crippen LogP contribution < -0.4 is 10.5 Å². The van der Waals surface area contributed by atoms with Crippen molar-refractivity contribution in [2.45, 2.75) is 66.2 Å². The van der Waals surface area contributed by atoms with Gasteiger partial charge in [-0.2, -0.15) is 0 Å². The van der Waals surface area contributed by atoms with E-state index in [2.05, 4.69) is 0 Å². The maximum Gasteiger partial charge on any atom is 0.312 e. The number of rotatable bonds is 8. The molecule has 0 aliphatic heterocycles. The first-order valence-electron chi connectivity index (χ1n) is 9.14. The smallest absolute Gasteiger partial charge is 0.312 e. The summed E-state index contributed by atoms with van der Waals surface area (Å²) in [5.41, 5.74) is 3.45. The molecule has 0 aromatic heterocycles. The lowest BCUT2D eigenvalue weighted by Gasteiger charge is -2.31. The summed E-state index contributed by atoms with van der Waals surface area (Å²) >= 11 is 0. The van der Waals surface area contributed by atoms with E-state index in [0.29, 0.717) is 24.3 Å². The fourth-order valence-electron chi connectivity index (χ4n) is 2.45. The molecule has 6 nitrogen and oxygen atoms in total. The molecular weight excluding hydrogens is 346 g/mol. The minimum atomic E-state index is -1.41. The van der Waals surface area contributed by atoms with E-state index in [0.717, 1.165) is 0 Å². The molecule has 3 N–H and O–H groups in total. The van der Waals surface area contributed by atoms with E-state index < -0.39 is 16.7 Å². The number of esters is 1. The Morgan fingerprint density at radius 2 is 1.59 bits per heavy atom. The lowest BCUT2D eigenvalue weighted by molar-refractivity contribution is -0.169. The Hall–Kier alpha value is -1.92. The molecule has 0 spiro atoms. The van der Waals surface area contributed by atoms with Crippen LogP contribution in [0, 0.1) is 11.3 Å². The summed E-state index contributed by atoms with van der Waals surface area (Å²) in [5.74, 6) is -0.0281. The van der Waals surface area contributed by atoms with Crippen LogP contribution >= 0.6 is 0 Å². The van der Waals surface area contributed by atoms with Gasteiger partial charge >= 0.3 is 5.97 Å². The van der Waals surface area contributed by atoms with Gasteiger partial charge in [-0.15, -0.1) is 0 Å². The molecule has 0 heterocycles. The predicted molar refractivity (Wildman–Crippen MR) is 104 cm³/mol. The summed E-state index contributed by atoms with van der Waals surface area (Å²) in [6.45, 7) is 12.3. The maximum atomic E-state index is 12.0. The zero-order valence-corrected chi connectivity index (χ0v) is 17.5. The van der Waals surface area contributed by atoms with Crippen LogP contribution in [0.5, 0.6) is 5.75 Å². The third-order valence-electron chi connectivity index (χ3n) is 3.90. The van der Waals surface area contributed by atoms with E-state index in [1.807, 2.05) is 6.92 Å². The Labute approximate surface area is 162 Å². The zero-order chi connectivity index (χ0) is 21.0. The number of aliphatic hydroxyl groups is 1. The van der Waals surface area contributed by atoms with Gasteiger partial charge in [-0.3, -0.25) is 15.3 Å². The first kappa shape index (κ1) is 23.1. The average molecular weight is 379 g/mol. The van der Waals surface area contributed by atoms with E-state index in [9.17, 15) is 14.7 Å². The van der Waals surface area contributed by atoms with Crippen molar-refractivity contribution in [3.05, 3.63) is 29.8 Å². The van der Waals surface area contributed by atoms with E-state index >= 15 is 0 Å². The molecule has 1 rings (SSSR count). The van der Waals surface area contributed by atoms with Gasteiger partial charge in [0.1, 0.15) is 11.4 Å². The van der Waals surface area contributed by atoms with E-state index in [1.165, 1.54) is 13.8 Å². The van der Waals surface area contributed by atoms with Gasteiger partial charge < -0.3 is 14.6 Å². The van der Waals surface area contributed by atoms with Gasteiger partial charge in [-0.05, 0) is 71.7 Å². The molecule has 0 aliphatic carbocycles. The Balaban J connectivity index is 2.58. The van der Waals surface area contributed by atoms with Crippen molar-refractivity contribution in [2.24, 2.45) is 17.1 Å². The largest absolute Gasteiger partial charge is 0.493 e. The SMILES string of the molecule is CC(COc1ccc(C(=O)C(C)(C)O)cc1)CC(C)(N)OC(=O)C(C)(C)C. The predicted octanol–water partition coefficient (Wildman–Crippen LogP) is 3.31. The Morgan fingerprint density at radius 3 is 2.04 bits per heavy atom. The Morgan fingerprint density at radius 1 is 1.07 bits per heavy atom. The van der Waals surface area contributed by atoms with Gasteiger partial charge in [0.25, 0.3) is 0 Å². The second-order valence-electron chi connectivity index (χ2n) is 8.99. The fourth-order valence-corrected chi connectivity index (χ4v) is 2.45. The van der Waals surface area contributed by atoms with Gasteiger partial charge in [0, 0.05) is 12.0 Å². The summed E-state index contributed by atoms with van der Waals surface area (Å²) in [6.07, 6.45) is 0.449. The topological polar surface area (TPSA) is 98.8 Å². The molecule has 6 heteroatoms. The van der Waals surface area contributed by atoms with Crippen LogP contribution in [0.1, 0.15) is 65.2 Å². The first-order valence-corrected chi connectivity index (χ1v) is 9.14. The van der Waals surface area contributed by atoms with Crippen LogP contribution in [0.15, 0.2) is 24.3 Å². The van der Waals surface area contributed by atoms with E-state index in [-0.39, 0.29) is 17.7 Å². The molecular formula is C21H33NO5. The van der Waals surface area contributed by atoms with Crippen molar-refractivity contribution < 1.29 is 24.2 Å². The highest BCUT2D eigenvalue weighted by Gasteiger charge is 2.32. The van der Waals surface area contributed by atoms with E-state index in [4.69, 9.17) is 15.2 Å². The second-order valence-corrected chi connectivity index (χ2v) is 8.99. The summed E-state index contributed by atoms with van der Waals surface area (Å²) in [5, 5.41) is 9.78. The monoisotopic (exact) mass is 379 g/mol. The Bertz CT molecular complexity index is 651. The minimum Gasteiger partial charge on any atom is -0.493 e. The van der Waals surface area contributed by atoms with Gasteiger partial charge in [0.2, 0.25) is 0 Å². The highest BCUT2D eigenvalue weighted by atomic mass is 16.6. The third kappa shape index (κ3) is 7.69. The van der Waals surface area contributed by atoms with Crippen molar-refractivity contribution in [3.8, 4) is 5.75 Å². The number of ether oxygens (including phenoxy) is 2. The molecule has 0 amide bonds. The normalized spacial score (nSPS) is 15.6. The summed E-state index contributed by atoms with van der Waals surface area (Å²) < 4.78 is 11.2. The van der Waals surface area contributed by atoms with Crippen LogP contribution in [0.25, 0.3) is 0 Å². The molecule has 2 atom stereocenters. The number of ketones is 1. The summed E-state index contributed by atoms with van der Waals surface area (Å²) in [4.78, 5) is 24.0. The molecule has 0 saturated carbocycles. The quantitative estimate of drug-likeness (QED) is 0.408. The third-order valence-corrected chi connectivity index (χ3v) is 3.90. The fraction of sp³-hybridized carbons (Fsp3) is 0.619. The molecule has 1 aromatic rings. The number of hydrogen-bond donors (Lipinski definition) is 2. The van der Waals surface area contributed by atoms with Crippen molar-refractivity contribution in [1.29, 1.82) is 0 Å². The van der Waals surface area contributed by atoms with Crippen LogP contribution in [-0.2, 0) is 9.53 Å². The highest BCUT2D eigenvalue weighted by molar-refractivity contribution is 6.01. The number of Topliss-reactive ketones (excluding diaryl/α,β-unsaturated/α-hetero) is 1. The molecule has 152 valence electrons. The lowest BCUT2D eigenvalue weighted by atomic mass is 9.96. The molecule has 27 heavy (non-hydrogen) atoms. The summed E-state index contributed by atoms with van der Waals surface area (Å²) in [7, 11) is 0. The highest BCUT2D eigenvalue weighted by Crippen LogP contribution is 2.23. The van der Waals surface area contributed by atoms with Gasteiger partial charge in [-0.1, -0.05) is 6.92 Å². The molecule has 2 unspecified atom stereocenters. The molecule has 0 saturated heterocycles. The number of nitrogens with two attached hydrogens (primary N) is 1. The first-order chi connectivity index (χ1) is 12.1. The van der Waals surface area contributed by atoms with Crippen molar-refractivity contribution in [2.75, 3.05) is 6.61 Å². The molecule has 0 fully saturated rings. The number of benzene rings is 1. The molecule has 0 radical (unpaired) electrons. The molecule has 0 bridgehead atoms. The van der Waals surface area contributed by atoms with Gasteiger partial charge in [0.05, 0.1) is 12.0 Å². The Kier molecular flexibility index (Phi) is 7.19.